The molecular formula is C13H12BrN3O. The van der Waals surface area contributed by atoms with Crippen LogP contribution in [0.5, 0.6) is 0 Å². The van der Waals surface area contributed by atoms with Gasteiger partial charge in [0.15, 0.2) is 0 Å². The molecule has 2 aromatic rings. The van der Waals surface area contributed by atoms with Gasteiger partial charge in [-0.1, -0.05) is 15.9 Å². The van der Waals surface area contributed by atoms with Crippen LogP contribution in [0.25, 0.3) is 0 Å². The Hall–Kier alpha value is -2.01. The third kappa shape index (κ3) is 3.01. The lowest BCUT2D eigenvalue weighted by Crippen LogP contribution is -2.12. The molecule has 0 heterocycles. The fraction of sp³-hybridized carbons (Fsp3) is 0. The molecule has 2 aromatic carbocycles. The molecule has 0 aliphatic heterocycles. The molecule has 0 saturated heterocycles. The number of halogens is 1. The second-order valence-corrected chi connectivity index (χ2v) is 4.77. The highest BCUT2D eigenvalue weighted by Gasteiger charge is 2.06. The molecule has 0 unspecified atom stereocenters. The number of nitrogens with two attached hydrogens (primary N) is 2. The maximum absolute atomic E-state index is 11.9. The summed E-state index contributed by atoms with van der Waals surface area (Å²) in [7, 11) is 0. The van der Waals surface area contributed by atoms with Crippen molar-refractivity contribution in [1.29, 1.82) is 0 Å². The Morgan fingerprint density at radius 2 is 1.67 bits per heavy atom. The molecule has 4 nitrogen and oxygen atoms in total. The molecule has 0 spiro atoms. The molecule has 0 aliphatic rings. The SMILES string of the molecule is Nc1ccc(C(=O)Nc2cc(N)cc(Br)c2)cc1. The molecule has 18 heavy (non-hydrogen) atoms. The van der Waals surface area contributed by atoms with E-state index in [0.717, 1.165) is 4.47 Å². The maximum atomic E-state index is 11.9. The zero-order valence-electron chi connectivity index (χ0n) is 9.48. The Morgan fingerprint density at radius 1 is 1.00 bits per heavy atom. The Morgan fingerprint density at radius 3 is 2.28 bits per heavy atom. The third-order valence-electron chi connectivity index (χ3n) is 2.35. The van der Waals surface area contributed by atoms with Gasteiger partial charge in [0, 0.05) is 27.1 Å². The van der Waals surface area contributed by atoms with Crippen LogP contribution in [-0.4, -0.2) is 5.91 Å². The fourth-order valence-electron chi connectivity index (χ4n) is 1.52. The minimum absolute atomic E-state index is 0.201. The molecule has 0 aliphatic carbocycles. The number of carbonyl (C=O) groups is 1. The van der Waals surface area contributed by atoms with E-state index in [9.17, 15) is 4.79 Å². The van der Waals surface area contributed by atoms with Crippen LogP contribution >= 0.6 is 15.9 Å². The molecule has 2 rings (SSSR count). The first-order chi connectivity index (χ1) is 8.54. The van der Waals surface area contributed by atoms with Crippen molar-refractivity contribution in [1.82, 2.24) is 0 Å². The molecule has 5 heteroatoms. The summed E-state index contributed by atoms with van der Waals surface area (Å²) in [6, 6.07) is 12.0. The number of hydrogen-bond acceptors (Lipinski definition) is 3. The number of rotatable bonds is 2. The Bertz CT molecular complexity index is 561. The van der Waals surface area contributed by atoms with Gasteiger partial charge in [-0.25, -0.2) is 0 Å². The number of nitrogen functional groups attached to an aromatic ring is 2. The van der Waals surface area contributed by atoms with Crippen LogP contribution in [0.15, 0.2) is 46.9 Å². The number of benzene rings is 2. The zero-order valence-corrected chi connectivity index (χ0v) is 11.1. The molecule has 0 fully saturated rings. The Balaban J connectivity index is 2.18. The van der Waals surface area contributed by atoms with Gasteiger partial charge in [0.25, 0.3) is 5.91 Å². The van der Waals surface area contributed by atoms with Crippen LogP contribution in [0.3, 0.4) is 0 Å². The maximum Gasteiger partial charge on any atom is 0.255 e. The summed E-state index contributed by atoms with van der Waals surface area (Å²) in [5.41, 5.74) is 13.7. The number of hydrogen-bond donors (Lipinski definition) is 3. The zero-order chi connectivity index (χ0) is 13.1. The van der Waals surface area contributed by atoms with E-state index in [1.165, 1.54) is 0 Å². The number of carbonyl (C=O) groups excluding carboxylic acids is 1. The molecule has 0 bridgehead atoms. The molecule has 5 N–H and O–H groups in total. The van der Waals surface area contributed by atoms with Gasteiger partial charge in [0.1, 0.15) is 0 Å². The molecule has 0 saturated carbocycles. The molecule has 0 radical (unpaired) electrons. The minimum atomic E-state index is -0.201. The summed E-state index contributed by atoms with van der Waals surface area (Å²) in [4.78, 5) is 11.9. The quantitative estimate of drug-likeness (QED) is 0.746. The Labute approximate surface area is 113 Å². The third-order valence-corrected chi connectivity index (χ3v) is 2.81. The molecule has 0 atom stereocenters. The van der Waals surface area contributed by atoms with E-state index >= 15 is 0 Å². The predicted molar refractivity (Wildman–Crippen MR) is 77.4 cm³/mol. The van der Waals surface area contributed by atoms with Crippen molar-refractivity contribution < 1.29 is 4.79 Å². The smallest absolute Gasteiger partial charge is 0.255 e. The lowest BCUT2D eigenvalue weighted by Gasteiger charge is -2.07. The fourth-order valence-corrected chi connectivity index (χ4v) is 2.03. The van der Waals surface area contributed by atoms with Gasteiger partial charge in [-0.2, -0.15) is 0 Å². The lowest BCUT2D eigenvalue weighted by atomic mass is 10.2. The molecule has 0 aromatic heterocycles. The lowest BCUT2D eigenvalue weighted by molar-refractivity contribution is 0.102. The minimum Gasteiger partial charge on any atom is -0.399 e. The van der Waals surface area contributed by atoms with Gasteiger partial charge in [0.05, 0.1) is 0 Å². The second kappa shape index (κ2) is 5.10. The van der Waals surface area contributed by atoms with Gasteiger partial charge in [0.2, 0.25) is 0 Å². The van der Waals surface area contributed by atoms with Crippen LogP contribution in [-0.2, 0) is 0 Å². The standard InChI is InChI=1S/C13H12BrN3O/c14-9-5-11(16)7-12(6-9)17-13(18)8-1-3-10(15)4-2-8/h1-7H,15-16H2,(H,17,18). The highest BCUT2D eigenvalue weighted by Crippen LogP contribution is 2.21. The normalized spacial score (nSPS) is 10.1. The second-order valence-electron chi connectivity index (χ2n) is 3.85. The summed E-state index contributed by atoms with van der Waals surface area (Å²) < 4.78 is 0.815. The van der Waals surface area contributed by atoms with Crippen molar-refractivity contribution >= 4 is 38.9 Å². The van der Waals surface area contributed by atoms with Crippen molar-refractivity contribution in [3.63, 3.8) is 0 Å². The molecular weight excluding hydrogens is 294 g/mol. The van der Waals surface area contributed by atoms with E-state index in [1.807, 2.05) is 0 Å². The topological polar surface area (TPSA) is 81.1 Å². The monoisotopic (exact) mass is 305 g/mol. The first-order valence-electron chi connectivity index (χ1n) is 5.27. The molecule has 92 valence electrons. The van der Waals surface area contributed by atoms with Crippen molar-refractivity contribution in [2.75, 3.05) is 16.8 Å². The van der Waals surface area contributed by atoms with E-state index in [0.29, 0.717) is 22.6 Å². The summed E-state index contributed by atoms with van der Waals surface area (Å²) in [5.74, 6) is -0.201. The molecule has 1 amide bonds. The largest absolute Gasteiger partial charge is 0.399 e. The summed E-state index contributed by atoms with van der Waals surface area (Å²) in [6.07, 6.45) is 0. The summed E-state index contributed by atoms with van der Waals surface area (Å²) in [5, 5.41) is 2.77. The van der Waals surface area contributed by atoms with Gasteiger partial charge >= 0.3 is 0 Å². The van der Waals surface area contributed by atoms with Gasteiger partial charge in [-0.15, -0.1) is 0 Å². The van der Waals surface area contributed by atoms with Crippen LogP contribution < -0.4 is 16.8 Å². The average Bonchev–Trinajstić information content (AvgIpc) is 2.28. The van der Waals surface area contributed by atoms with Gasteiger partial charge < -0.3 is 16.8 Å². The van der Waals surface area contributed by atoms with Crippen LogP contribution in [0.2, 0.25) is 0 Å². The van der Waals surface area contributed by atoms with E-state index < -0.39 is 0 Å². The summed E-state index contributed by atoms with van der Waals surface area (Å²) >= 11 is 3.32. The number of amides is 1. The predicted octanol–water partition coefficient (Wildman–Crippen LogP) is 2.87. The number of anilines is 3. The van der Waals surface area contributed by atoms with Crippen LogP contribution in [0.4, 0.5) is 17.1 Å². The van der Waals surface area contributed by atoms with Crippen molar-refractivity contribution in [3.05, 3.63) is 52.5 Å². The first-order valence-corrected chi connectivity index (χ1v) is 6.07. The van der Waals surface area contributed by atoms with Crippen LogP contribution in [0, 0.1) is 0 Å². The number of nitrogens with one attached hydrogen (secondary N) is 1. The van der Waals surface area contributed by atoms with Crippen LogP contribution in [0.1, 0.15) is 10.4 Å². The average molecular weight is 306 g/mol. The van der Waals surface area contributed by atoms with E-state index in [-0.39, 0.29) is 5.91 Å². The highest BCUT2D eigenvalue weighted by molar-refractivity contribution is 9.10. The van der Waals surface area contributed by atoms with Crippen molar-refractivity contribution in [2.45, 2.75) is 0 Å². The van der Waals surface area contributed by atoms with E-state index in [4.69, 9.17) is 11.5 Å². The van der Waals surface area contributed by atoms with Gasteiger partial charge in [-0.3, -0.25) is 4.79 Å². The summed E-state index contributed by atoms with van der Waals surface area (Å²) in [6.45, 7) is 0. The van der Waals surface area contributed by atoms with Crippen molar-refractivity contribution in [2.24, 2.45) is 0 Å². The van der Waals surface area contributed by atoms with E-state index in [1.54, 1.807) is 42.5 Å². The highest BCUT2D eigenvalue weighted by atomic mass is 79.9. The van der Waals surface area contributed by atoms with Crippen molar-refractivity contribution in [3.8, 4) is 0 Å². The van der Waals surface area contributed by atoms with Gasteiger partial charge in [-0.05, 0) is 42.5 Å². The first kappa shape index (κ1) is 12.4. The Kier molecular flexibility index (Phi) is 3.53. The van der Waals surface area contributed by atoms with E-state index in [2.05, 4.69) is 21.2 Å².